The van der Waals surface area contributed by atoms with Crippen molar-refractivity contribution >= 4 is 17.6 Å². The summed E-state index contributed by atoms with van der Waals surface area (Å²) in [7, 11) is 0. The number of nitrogens with zero attached hydrogens (tertiary/aromatic N) is 1. The first kappa shape index (κ1) is 16.2. The molecule has 3 rings (SSSR count). The highest BCUT2D eigenvalue weighted by atomic mass is 16.4. The number of rotatable bonds is 5. The van der Waals surface area contributed by atoms with Gasteiger partial charge < -0.3 is 15.7 Å². The molecular formula is C19H20N2O3. The van der Waals surface area contributed by atoms with Crippen LogP contribution in [-0.4, -0.2) is 29.1 Å². The van der Waals surface area contributed by atoms with Crippen molar-refractivity contribution < 1.29 is 14.7 Å². The fourth-order valence-electron chi connectivity index (χ4n) is 3.26. The maximum absolute atomic E-state index is 12.9. The molecule has 5 heteroatoms. The van der Waals surface area contributed by atoms with E-state index >= 15 is 0 Å². The Morgan fingerprint density at radius 3 is 2.50 bits per heavy atom. The van der Waals surface area contributed by atoms with Gasteiger partial charge in [-0.2, -0.15) is 0 Å². The third kappa shape index (κ3) is 3.31. The molecule has 3 N–H and O–H groups in total. The molecule has 124 valence electrons. The predicted octanol–water partition coefficient (Wildman–Crippen LogP) is 1.99. The molecule has 0 bridgehead atoms. The second kappa shape index (κ2) is 6.84. The van der Waals surface area contributed by atoms with Crippen LogP contribution in [0.5, 0.6) is 0 Å². The van der Waals surface area contributed by atoms with Gasteiger partial charge in [0.15, 0.2) is 0 Å². The zero-order valence-corrected chi connectivity index (χ0v) is 13.3. The number of amides is 1. The van der Waals surface area contributed by atoms with Crippen LogP contribution in [0.1, 0.15) is 17.5 Å². The van der Waals surface area contributed by atoms with Crippen molar-refractivity contribution in [3.8, 4) is 0 Å². The van der Waals surface area contributed by atoms with Crippen LogP contribution in [0, 0.1) is 0 Å². The van der Waals surface area contributed by atoms with E-state index in [4.69, 9.17) is 10.8 Å². The van der Waals surface area contributed by atoms with Gasteiger partial charge in [0.25, 0.3) is 0 Å². The fraction of sp³-hybridized carbons (Fsp3) is 0.263. The van der Waals surface area contributed by atoms with E-state index in [0.29, 0.717) is 12.8 Å². The van der Waals surface area contributed by atoms with Crippen LogP contribution in [0.3, 0.4) is 0 Å². The molecule has 1 aliphatic heterocycles. The lowest BCUT2D eigenvalue weighted by Crippen LogP contribution is -2.48. The Hall–Kier alpha value is -2.66. The van der Waals surface area contributed by atoms with Crippen LogP contribution in [-0.2, 0) is 22.4 Å². The number of aliphatic carboxylic acids is 1. The standard InChI is InChI=1S/C19H20N2O3/c20-16(10-13-6-2-1-3-7-13)19(24)21-15(12-18(22)23)11-14-8-4-5-9-17(14)21/h1-9,15-16H,10-12,20H2,(H,22,23)/t15-,16+/m1/s1. The first-order chi connectivity index (χ1) is 11.6. The molecule has 24 heavy (non-hydrogen) atoms. The summed E-state index contributed by atoms with van der Waals surface area (Å²) >= 11 is 0. The summed E-state index contributed by atoms with van der Waals surface area (Å²) in [6.45, 7) is 0. The molecule has 1 aliphatic rings. The number of anilines is 1. The lowest BCUT2D eigenvalue weighted by atomic mass is 10.0. The van der Waals surface area contributed by atoms with E-state index in [-0.39, 0.29) is 18.4 Å². The zero-order chi connectivity index (χ0) is 17.1. The normalized spacial score (nSPS) is 17.4. The summed E-state index contributed by atoms with van der Waals surface area (Å²) in [4.78, 5) is 25.7. The van der Waals surface area contributed by atoms with E-state index in [1.807, 2.05) is 54.6 Å². The molecular weight excluding hydrogens is 304 g/mol. The maximum Gasteiger partial charge on any atom is 0.305 e. The Balaban J connectivity index is 1.83. The largest absolute Gasteiger partial charge is 0.481 e. The number of nitrogens with two attached hydrogens (primary N) is 1. The van der Waals surface area contributed by atoms with Crippen molar-refractivity contribution in [1.29, 1.82) is 0 Å². The highest BCUT2D eigenvalue weighted by Gasteiger charge is 2.36. The molecule has 1 heterocycles. The van der Waals surface area contributed by atoms with Gasteiger partial charge in [-0.15, -0.1) is 0 Å². The molecule has 0 aromatic heterocycles. The minimum atomic E-state index is -0.915. The fourth-order valence-corrected chi connectivity index (χ4v) is 3.26. The van der Waals surface area contributed by atoms with Crippen LogP contribution in [0.4, 0.5) is 5.69 Å². The van der Waals surface area contributed by atoms with Crippen LogP contribution in [0.25, 0.3) is 0 Å². The van der Waals surface area contributed by atoms with Crippen LogP contribution < -0.4 is 10.6 Å². The van der Waals surface area contributed by atoms with E-state index in [1.165, 1.54) is 0 Å². The average Bonchev–Trinajstić information content (AvgIpc) is 2.92. The summed E-state index contributed by atoms with van der Waals surface area (Å²) in [6, 6.07) is 16.0. The molecule has 0 saturated heterocycles. The number of carboxylic acid groups (broad SMARTS) is 1. The van der Waals surface area contributed by atoms with Crippen LogP contribution >= 0.6 is 0 Å². The minimum absolute atomic E-state index is 0.0848. The summed E-state index contributed by atoms with van der Waals surface area (Å²) < 4.78 is 0. The molecule has 2 aromatic rings. The number of fused-ring (bicyclic) bond motifs is 1. The van der Waals surface area contributed by atoms with Crippen LogP contribution in [0.15, 0.2) is 54.6 Å². The highest BCUT2D eigenvalue weighted by Crippen LogP contribution is 2.34. The molecule has 1 amide bonds. The summed E-state index contributed by atoms with van der Waals surface area (Å²) in [6.07, 6.45) is 0.892. The summed E-state index contributed by atoms with van der Waals surface area (Å²) in [5.41, 5.74) is 8.89. The van der Waals surface area contributed by atoms with Crippen molar-refractivity contribution in [1.82, 2.24) is 0 Å². The molecule has 0 fully saturated rings. The van der Waals surface area contributed by atoms with Gasteiger partial charge >= 0.3 is 5.97 Å². The Kier molecular flexibility index (Phi) is 4.62. The predicted molar refractivity (Wildman–Crippen MR) is 91.8 cm³/mol. The van der Waals surface area contributed by atoms with E-state index in [9.17, 15) is 9.59 Å². The SMILES string of the molecule is N[C@@H](Cc1ccccc1)C(=O)N1c2ccccc2C[C@@H]1CC(=O)O. The van der Waals surface area contributed by atoms with Crippen molar-refractivity contribution in [2.75, 3.05) is 4.90 Å². The van der Waals surface area contributed by atoms with Crippen molar-refractivity contribution in [3.63, 3.8) is 0 Å². The number of carboxylic acids is 1. The first-order valence-electron chi connectivity index (χ1n) is 7.98. The third-order valence-electron chi connectivity index (χ3n) is 4.34. The lowest BCUT2D eigenvalue weighted by molar-refractivity contribution is -0.137. The van der Waals surface area contributed by atoms with Gasteiger partial charge in [0, 0.05) is 5.69 Å². The molecule has 0 saturated carbocycles. The Morgan fingerprint density at radius 2 is 1.79 bits per heavy atom. The monoisotopic (exact) mass is 324 g/mol. The van der Waals surface area contributed by atoms with Crippen molar-refractivity contribution in [2.24, 2.45) is 5.73 Å². The summed E-state index contributed by atoms with van der Waals surface area (Å²) in [5, 5.41) is 9.16. The van der Waals surface area contributed by atoms with Gasteiger partial charge in [-0.05, 0) is 30.0 Å². The van der Waals surface area contributed by atoms with E-state index < -0.39 is 12.0 Å². The quantitative estimate of drug-likeness (QED) is 0.881. The third-order valence-corrected chi connectivity index (χ3v) is 4.34. The Labute approximate surface area is 140 Å². The molecule has 5 nitrogen and oxygen atoms in total. The smallest absolute Gasteiger partial charge is 0.305 e. The number of hydrogen-bond donors (Lipinski definition) is 2. The zero-order valence-electron chi connectivity index (χ0n) is 13.3. The molecule has 2 aromatic carbocycles. The number of carbonyl (C=O) groups is 2. The number of hydrogen-bond acceptors (Lipinski definition) is 3. The average molecular weight is 324 g/mol. The summed E-state index contributed by atoms with van der Waals surface area (Å²) in [5.74, 6) is -1.14. The van der Waals surface area contributed by atoms with Gasteiger partial charge in [-0.1, -0.05) is 48.5 Å². The van der Waals surface area contributed by atoms with Gasteiger partial charge in [0.05, 0.1) is 18.5 Å². The van der Waals surface area contributed by atoms with Gasteiger partial charge in [-0.3, -0.25) is 9.59 Å². The van der Waals surface area contributed by atoms with E-state index in [1.54, 1.807) is 4.90 Å². The topological polar surface area (TPSA) is 83.6 Å². The minimum Gasteiger partial charge on any atom is -0.481 e. The van der Waals surface area contributed by atoms with Gasteiger partial charge in [0.2, 0.25) is 5.91 Å². The first-order valence-corrected chi connectivity index (χ1v) is 7.98. The van der Waals surface area contributed by atoms with Gasteiger partial charge in [-0.25, -0.2) is 0 Å². The number of para-hydroxylation sites is 1. The molecule has 0 spiro atoms. The second-order valence-corrected chi connectivity index (χ2v) is 6.09. The van der Waals surface area contributed by atoms with Crippen molar-refractivity contribution in [3.05, 3.63) is 65.7 Å². The van der Waals surface area contributed by atoms with E-state index in [0.717, 1.165) is 16.8 Å². The Morgan fingerprint density at radius 1 is 1.12 bits per heavy atom. The Bertz CT molecular complexity index is 745. The molecule has 2 atom stereocenters. The van der Waals surface area contributed by atoms with Gasteiger partial charge in [0.1, 0.15) is 0 Å². The molecule has 0 unspecified atom stereocenters. The van der Waals surface area contributed by atoms with Crippen LogP contribution in [0.2, 0.25) is 0 Å². The van der Waals surface area contributed by atoms with Crippen molar-refractivity contribution in [2.45, 2.75) is 31.3 Å². The second-order valence-electron chi connectivity index (χ2n) is 6.09. The maximum atomic E-state index is 12.9. The lowest BCUT2D eigenvalue weighted by Gasteiger charge is -2.27. The number of benzene rings is 2. The number of carbonyl (C=O) groups excluding carboxylic acids is 1. The van der Waals surface area contributed by atoms with E-state index in [2.05, 4.69) is 0 Å². The molecule has 0 radical (unpaired) electrons. The molecule has 0 aliphatic carbocycles. The highest BCUT2D eigenvalue weighted by molar-refractivity contribution is 6.00.